The van der Waals surface area contributed by atoms with Gasteiger partial charge in [0.2, 0.25) is 5.88 Å². The normalized spacial score (nSPS) is 14.4. The van der Waals surface area contributed by atoms with E-state index in [-0.39, 0.29) is 29.4 Å². The van der Waals surface area contributed by atoms with Crippen LogP contribution in [0.25, 0.3) is 11.1 Å². The van der Waals surface area contributed by atoms with Crippen molar-refractivity contribution in [1.82, 2.24) is 15.6 Å². The molecule has 1 amide bonds. The smallest absolute Gasteiger partial charge is 0.255 e. The Labute approximate surface area is 205 Å². The predicted molar refractivity (Wildman–Crippen MR) is 135 cm³/mol. The lowest BCUT2D eigenvalue weighted by Crippen LogP contribution is -2.40. The Bertz CT molecular complexity index is 1230. The fraction of sp³-hybridized carbons (Fsp3) is 0.296. The zero-order valence-corrected chi connectivity index (χ0v) is 19.8. The first kappa shape index (κ1) is 24.0. The molecule has 8 heteroatoms. The third-order valence-corrected chi connectivity index (χ3v) is 5.69. The summed E-state index contributed by atoms with van der Waals surface area (Å²) in [5.74, 6) is 0.157. The molecule has 0 spiro atoms. The van der Waals surface area contributed by atoms with E-state index in [1.54, 1.807) is 24.4 Å². The molecule has 8 nitrogen and oxygen atoms in total. The van der Waals surface area contributed by atoms with Crippen LogP contribution < -0.4 is 20.7 Å². The average Bonchev–Trinajstić information content (AvgIpc) is 2.86. The zero-order valence-electron chi connectivity index (χ0n) is 19.8. The molecule has 1 aliphatic heterocycles. The molecule has 35 heavy (non-hydrogen) atoms. The number of nitrogens with one attached hydrogen (secondary N) is 3. The molecule has 0 aliphatic carbocycles. The minimum Gasteiger partial charge on any atom is -0.507 e. The van der Waals surface area contributed by atoms with Crippen molar-refractivity contribution < 1.29 is 14.6 Å². The SMILES string of the molecule is CC(C)NC(=O)c1ccc(-c2cnc3c(c2)NCC(CNCCc2ccc(C#N)cc2)O3)cc1O. The van der Waals surface area contributed by atoms with E-state index in [0.717, 1.165) is 29.8 Å². The fourth-order valence-electron chi connectivity index (χ4n) is 3.85. The number of nitriles is 1. The highest BCUT2D eigenvalue weighted by molar-refractivity contribution is 5.97. The molecule has 1 atom stereocenters. The monoisotopic (exact) mass is 471 g/mol. The Morgan fingerprint density at radius 1 is 1.23 bits per heavy atom. The van der Waals surface area contributed by atoms with E-state index in [1.807, 2.05) is 44.2 Å². The molecule has 1 aromatic heterocycles. The first-order chi connectivity index (χ1) is 16.9. The molecule has 180 valence electrons. The highest BCUT2D eigenvalue weighted by Gasteiger charge is 2.21. The van der Waals surface area contributed by atoms with Crippen LogP contribution in [0.1, 0.15) is 35.3 Å². The van der Waals surface area contributed by atoms with Crippen LogP contribution in [0, 0.1) is 11.3 Å². The third kappa shape index (κ3) is 6.08. The second-order valence-electron chi connectivity index (χ2n) is 8.82. The van der Waals surface area contributed by atoms with Crippen molar-refractivity contribution in [3.05, 3.63) is 71.4 Å². The summed E-state index contributed by atoms with van der Waals surface area (Å²) in [5, 5.41) is 28.8. The second-order valence-corrected chi connectivity index (χ2v) is 8.82. The summed E-state index contributed by atoms with van der Waals surface area (Å²) in [7, 11) is 0. The average molecular weight is 472 g/mol. The first-order valence-electron chi connectivity index (χ1n) is 11.7. The number of pyridine rings is 1. The van der Waals surface area contributed by atoms with E-state index in [4.69, 9.17) is 10.00 Å². The second kappa shape index (κ2) is 10.9. The molecule has 4 N–H and O–H groups in total. The maximum atomic E-state index is 12.2. The van der Waals surface area contributed by atoms with E-state index in [1.165, 1.54) is 5.56 Å². The van der Waals surface area contributed by atoms with Crippen LogP contribution in [0.5, 0.6) is 11.6 Å². The summed E-state index contributed by atoms with van der Waals surface area (Å²) in [6.45, 7) is 5.87. The number of phenols is 1. The topological polar surface area (TPSA) is 119 Å². The number of benzene rings is 2. The van der Waals surface area contributed by atoms with Crippen molar-refractivity contribution in [3.8, 4) is 28.8 Å². The maximum Gasteiger partial charge on any atom is 0.255 e. The van der Waals surface area contributed by atoms with Crippen LogP contribution in [0.3, 0.4) is 0 Å². The van der Waals surface area contributed by atoms with Crippen molar-refractivity contribution in [2.45, 2.75) is 32.4 Å². The van der Waals surface area contributed by atoms with Gasteiger partial charge in [0.1, 0.15) is 11.9 Å². The predicted octanol–water partition coefficient (Wildman–Crippen LogP) is 3.47. The Hall–Kier alpha value is -4.09. The number of hydrogen-bond acceptors (Lipinski definition) is 7. The quantitative estimate of drug-likeness (QED) is 0.372. The van der Waals surface area contributed by atoms with Crippen molar-refractivity contribution in [3.63, 3.8) is 0 Å². The van der Waals surface area contributed by atoms with Crippen molar-refractivity contribution in [2.24, 2.45) is 0 Å². The Morgan fingerprint density at radius 2 is 2.03 bits per heavy atom. The van der Waals surface area contributed by atoms with Crippen LogP contribution in [-0.2, 0) is 6.42 Å². The van der Waals surface area contributed by atoms with Crippen molar-refractivity contribution >= 4 is 11.6 Å². The van der Waals surface area contributed by atoms with Gasteiger partial charge in [0.15, 0.2) is 0 Å². The van der Waals surface area contributed by atoms with Crippen LogP contribution in [0.4, 0.5) is 5.69 Å². The van der Waals surface area contributed by atoms with Gasteiger partial charge in [-0.2, -0.15) is 5.26 Å². The van der Waals surface area contributed by atoms with Gasteiger partial charge >= 0.3 is 0 Å². The number of aromatic nitrogens is 1. The molecule has 0 saturated carbocycles. The molecule has 1 unspecified atom stereocenters. The largest absolute Gasteiger partial charge is 0.507 e. The van der Waals surface area contributed by atoms with Gasteiger partial charge in [-0.05, 0) is 68.3 Å². The number of carbonyl (C=O) groups excluding carboxylic acids is 1. The first-order valence-corrected chi connectivity index (χ1v) is 11.7. The number of hydrogen-bond donors (Lipinski definition) is 4. The van der Waals surface area contributed by atoms with Gasteiger partial charge in [0.05, 0.1) is 29.4 Å². The van der Waals surface area contributed by atoms with Gasteiger partial charge in [-0.15, -0.1) is 0 Å². The van der Waals surface area contributed by atoms with Crippen LogP contribution in [-0.4, -0.2) is 47.8 Å². The number of anilines is 1. The maximum absolute atomic E-state index is 12.2. The van der Waals surface area contributed by atoms with E-state index in [9.17, 15) is 9.90 Å². The molecule has 3 aromatic rings. The molecular formula is C27H29N5O3. The van der Waals surface area contributed by atoms with Gasteiger partial charge in [0.25, 0.3) is 5.91 Å². The summed E-state index contributed by atoms with van der Waals surface area (Å²) in [5.41, 5.74) is 4.44. The van der Waals surface area contributed by atoms with E-state index in [0.29, 0.717) is 24.5 Å². The number of amides is 1. The number of carbonyl (C=O) groups is 1. The zero-order chi connectivity index (χ0) is 24.8. The van der Waals surface area contributed by atoms with Gasteiger partial charge in [0, 0.05) is 24.3 Å². The minimum absolute atomic E-state index is 0.0147. The Balaban J connectivity index is 1.32. The molecule has 0 radical (unpaired) electrons. The molecule has 2 aromatic carbocycles. The third-order valence-electron chi connectivity index (χ3n) is 5.69. The Morgan fingerprint density at radius 3 is 2.74 bits per heavy atom. The number of phenolic OH excluding ortho intramolecular Hbond substituents is 1. The van der Waals surface area contributed by atoms with Gasteiger partial charge in [-0.1, -0.05) is 18.2 Å². The lowest BCUT2D eigenvalue weighted by Gasteiger charge is -2.27. The molecule has 2 heterocycles. The summed E-state index contributed by atoms with van der Waals surface area (Å²) in [6.07, 6.45) is 2.52. The van der Waals surface area contributed by atoms with Gasteiger partial charge in [-0.3, -0.25) is 4.79 Å². The molecule has 4 rings (SSSR count). The number of ether oxygens (including phenoxy) is 1. The number of rotatable bonds is 8. The van der Waals surface area contributed by atoms with Crippen molar-refractivity contribution in [2.75, 3.05) is 25.0 Å². The number of nitrogens with zero attached hydrogens (tertiary/aromatic N) is 2. The summed E-state index contributed by atoms with van der Waals surface area (Å²) >= 11 is 0. The summed E-state index contributed by atoms with van der Waals surface area (Å²) < 4.78 is 6.04. The lowest BCUT2D eigenvalue weighted by molar-refractivity contribution is 0.0940. The van der Waals surface area contributed by atoms with Crippen LogP contribution in [0.2, 0.25) is 0 Å². The van der Waals surface area contributed by atoms with Gasteiger partial charge in [-0.25, -0.2) is 4.98 Å². The lowest BCUT2D eigenvalue weighted by atomic mass is 10.0. The van der Waals surface area contributed by atoms with E-state index >= 15 is 0 Å². The Kier molecular flexibility index (Phi) is 7.48. The van der Waals surface area contributed by atoms with Crippen molar-refractivity contribution in [1.29, 1.82) is 5.26 Å². The summed E-state index contributed by atoms with van der Waals surface area (Å²) in [6, 6.07) is 16.6. The van der Waals surface area contributed by atoms with E-state index < -0.39 is 0 Å². The molecule has 0 bridgehead atoms. The molecule has 1 aliphatic rings. The fourth-order valence-corrected chi connectivity index (χ4v) is 3.85. The van der Waals surface area contributed by atoms with Crippen LogP contribution >= 0.6 is 0 Å². The molecule has 0 saturated heterocycles. The highest BCUT2D eigenvalue weighted by Crippen LogP contribution is 2.33. The number of aromatic hydroxyl groups is 1. The van der Waals surface area contributed by atoms with E-state index in [2.05, 4.69) is 27.0 Å². The summed E-state index contributed by atoms with van der Waals surface area (Å²) in [4.78, 5) is 16.7. The highest BCUT2D eigenvalue weighted by atomic mass is 16.5. The molecule has 0 fully saturated rings. The minimum atomic E-state index is -0.306. The number of fused-ring (bicyclic) bond motifs is 1. The van der Waals surface area contributed by atoms with Crippen LogP contribution in [0.15, 0.2) is 54.7 Å². The van der Waals surface area contributed by atoms with Gasteiger partial charge < -0.3 is 25.8 Å². The standard InChI is InChI=1S/C27H29N5O3/c1-17(2)32-26(34)23-8-7-20(12-25(23)33)21-11-24-27(31-14-21)35-22(16-30-24)15-29-10-9-18-3-5-19(13-28)6-4-18/h3-8,11-12,14,17,22,29-30,33H,9-10,15-16H2,1-2H3,(H,32,34). The molecular weight excluding hydrogens is 442 g/mol.